The Kier molecular flexibility index (Phi) is 5.75. The standard InChI is InChI=1S/C23H27N7O/c31-23-20-19(14-25-29-23)27-21(17-4-2-1-3-5-17)28-22(20)26-18-8-6-16(7-9-18)15-30-12-10-24-11-13-30/h2,4-9,24-25H,1,3,10-15H2,(H,29,31)(H,26,27,28). The second kappa shape index (κ2) is 8.97. The molecule has 160 valence electrons. The summed E-state index contributed by atoms with van der Waals surface area (Å²) in [5.74, 6) is 0.955. The number of hydrazine groups is 1. The van der Waals surface area contributed by atoms with Gasteiger partial charge in [-0.1, -0.05) is 30.4 Å². The van der Waals surface area contributed by atoms with E-state index in [9.17, 15) is 4.79 Å². The second-order valence-corrected chi connectivity index (χ2v) is 8.01. The van der Waals surface area contributed by atoms with Crippen LogP contribution in [0.5, 0.6) is 0 Å². The topological polar surface area (TPSA) is 94.2 Å². The number of fused-ring (bicyclic) bond motifs is 1. The maximum Gasteiger partial charge on any atom is 0.271 e. The molecule has 2 aromatic rings. The predicted molar refractivity (Wildman–Crippen MR) is 121 cm³/mol. The van der Waals surface area contributed by atoms with Crippen molar-refractivity contribution in [3.8, 4) is 0 Å². The fraction of sp³-hybridized carbons (Fsp3) is 0.348. The minimum Gasteiger partial charge on any atom is -0.339 e. The van der Waals surface area contributed by atoms with Crippen LogP contribution in [0.4, 0.5) is 11.5 Å². The minimum atomic E-state index is -0.223. The van der Waals surface area contributed by atoms with E-state index in [2.05, 4.69) is 61.7 Å². The number of hydrogen-bond acceptors (Lipinski definition) is 7. The molecule has 8 heteroatoms. The van der Waals surface area contributed by atoms with Gasteiger partial charge in [-0.2, -0.15) is 0 Å². The van der Waals surface area contributed by atoms with E-state index in [1.165, 1.54) is 5.56 Å². The summed E-state index contributed by atoms with van der Waals surface area (Å²) in [4.78, 5) is 24.4. The number of piperazine rings is 1. The number of anilines is 2. The zero-order chi connectivity index (χ0) is 21.0. The number of benzene rings is 1. The van der Waals surface area contributed by atoms with E-state index in [1.807, 2.05) is 12.1 Å². The van der Waals surface area contributed by atoms with Gasteiger partial charge in [-0.05, 0) is 30.5 Å². The van der Waals surface area contributed by atoms with Gasteiger partial charge in [0, 0.05) is 44.0 Å². The van der Waals surface area contributed by atoms with Gasteiger partial charge in [0.2, 0.25) is 0 Å². The van der Waals surface area contributed by atoms with Crippen LogP contribution in [0.2, 0.25) is 0 Å². The smallest absolute Gasteiger partial charge is 0.271 e. The molecule has 5 rings (SSSR count). The second-order valence-electron chi connectivity index (χ2n) is 8.01. The largest absolute Gasteiger partial charge is 0.339 e. The molecule has 1 saturated heterocycles. The number of carbonyl (C=O) groups is 1. The van der Waals surface area contributed by atoms with E-state index < -0.39 is 0 Å². The van der Waals surface area contributed by atoms with Crippen LogP contribution >= 0.6 is 0 Å². The van der Waals surface area contributed by atoms with E-state index >= 15 is 0 Å². The highest BCUT2D eigenvalue weighted by Gasteiger charge is 2.25. The van der Waals surface area contributed by atoms with E-state index in [0.717, 1.165) is 56.8 Å². The lowest BCUT2D eigenvalue weighted by Gasteiger charge is -2.27. The molecule has 3 aliphatic rings. The SMILES string of the molecule is O=C1NNCc2nc(C3=CCCC=C3)nc(Nc3ccc(CN4CCNCC4)cc3)c21. The third kappa shape index (κ3) is 4.51. The zero-order valence-electron chi connectivity index (χ0n) is 17.4. The molecule has 0 spiro atoms. The number of nitrogens with one attached hydrogen (secondary N) is 4. The number of rotatable bonds is 5. The van der Waals surface area contributed by atoms with Crippen molar-refractivity contribution in [1.82, 2.24) is 31.0 Å². The number of nitrogens with zero attached hydrogens (tertiary/aromatic N) is 3. The van der Waals surface area contributed by atoms with E-state index in [-0.39, 0.29) is 5.91 Å². The van der Waals surface area contributed by atoms with Crippen molar-refractivity contribution in [3.63, 3.8) is 0 Å². The van der Waals surface area contributed by atoms with E-state index in [1.54, 1.807) is 0 Å². The molecule has 2 aliphatic heterocycles. The van der Waals surface area contributed by atoms with Gasteiger partial charge in [0.05, 0.1) is 12.2 Å². The van der Waals surface area contributed by atoms with Crippen LogP contribution in [0.3, 0.4) is 0 Å². The maximum absolute atomic E-state index is 12.5. The average molecular weight is 418 g/mol. The highest BCUT2D eigenvalue weighted by molar-refractivity contribution is 6.01. The Balaban J connectivity index is 1.40. The summed E-state index contributed by atoms with van der Waals surface area (Å²) in [6, 6.07) is 8.36. The van der Waals surface area contributed by atoms with E-state index in [4.69, 9.17) is 4.98 Å². The normalized spacial score (nSPS) is 18.8. The summed E-state index contributed by atoms with van der Waals surface area (Å²) < 4.78 is 0. The molecule has 1 aromatic heterocycles. The van der Waals surface area contributed by atoms with Gasteiger partial charge in [0.1, 0.15) is 11.4 Å². The molecule has 1 aliphatic carbocycles. The third-order valence-electron chi connectivity index (χ3n) is 5.75. The molecule has 1 amide bonds. The van der Waals surface area contributed by atoms with Gasteiger partial charge < -0.3 is 10.6 Å². The third-order valence-corrected chi connectivity index (χ3v) is 5.75. The Morgan fingerprint density at radius 2 is 1.90 bits per heavy atom. The highest BCUT2D eigenvalue weighted by Crippen LogP contribution is 2.27. The van der Waals surface area contributed by atoms with Crippen LogP contribution in [0.25, 0.3) is 5.57 Å². The molecule has 0 bridgehead atoms. The number of aromatic nitrogens is 2. The Bertz CT molecular complexity index is 1020. The van der Waals surface area contributed by atoms with Gasteiger partial charge >= 0.3 is 0 Å². The molecule has 0 radical (unpaired) electrons. The fourth-order valence-electron chi connectivity index (χ4n) is 4.10. The maximum atomic E-state index is 12.5. The number of amides is 1. The molecule has 1 aromatic carbocycles. The van der Waals surface area contributed by atoms with Crippen LogP contribution in [0, 0.1) is 0 Å². The number of hydrogen-bond donors (Lipinski definition) is 4. The van der Waals surface area contributed by atoms with Crippen molar-refractivity contribution in [1.29, 1.82) is 0 Å². The first-order valence-corrected chi connectivity index (χ1v) is 10.9. The first-order chi connectivity index (χ1) is 15.3. The molecular weight excluding hydrogens is 390 g/mol. The van der Waals surface area contributed by atoms with Crippen molar-refractivity contribution in [3.05, 3.63) is 65.1 Å². The molecule has 0 saturated carbocycles. The first kappa shape index (κ1) is 19.9. The Morgan fingerprint density at radius 3 is 2.68 bits per heavy atom. The van der Waals surface area contributed by atoms with Crippen LogP contribution in [-0.2, 0) is 13.1 Å². The van der Waals surface area contributed by atoms with Crippen molar-refractivity contribution in [2.75, 3.05) is 31.5 Å². The molecule has 31 heavy (non-hydrogen) atoms. The summed E-state index contributed by atoms with van der Waals surface area (Å²) in [5.41, 5.74) is 9.93. The average Bonchev–Trinajstić information content (AvgIpc) is 2.81. The molecule has 3 heterocycles. The Labute approximate surface area is 181 Å². The van der Waals surface area contributed by atoms with Crippen molar-refractivity contribution >= 4 is 23.0 Å². The number of carbonyl (C=O) groups excluding carboxylic acids is 1. The lowest BCUT2D eigenvalue weighted by atomic mass is 10.1. The Morgan fingerprint density at radius 1 is 1.06 bits per heavy atom. The Hall–Kier alpha value is -3.07. The van der Waals surface area contributed by atoms with Gasteiger partial charge in [-0.3, -0.25) is 15.1 Å². The number of allylic oxidation sites excluding steroid dienone is 4. The zero-order valence-corrected chi connectivity index (χ0v) is 17.4. The molecule has 0 unspecified atom stereocenters. The molecule has 4 N–H and O–H groups in total. The van der Waals surface area contributed by atoms with Crippen LogP contribution in [-0.4, -0.2) is 47.0 Å². The van der Waals surface area contributed by atoms with Crippen LogP contribution in [0.15, 0.2) is 42.5 Å². The van der Waals surface area contributed by atoms with Gasteiger partial charge in [0.25, 0.3) is 5.91 Å². The molecule has 1 fully saturated rings. The van der Waals surface area contributed by atoms with Gasteiger partial charge in [0.15, 0.2) is 5.82 Å². The van der Waals surface area contributed by atoms with Crippen molar-refractivity contribution in [2.45, 2.75) is 25.9 Å². The lowest BCUT2D eigenvalue weighted by molar-refractivity contribution is 0.0919. The highest BCUT2D eigenvalue weighted by atomic mass is 16.2. The summed E-state index contributed by atoms with van der Waals surface area (Å²) in [6.07, 6.45) is 8.34. The lowest BCUT2D eigenvalue weighted by Crippen LogP contribution is -2.43. The molecule has 0 atom stereocenters. The quantitative estimate of drug-likeness (QED) is 0.592. The van der Waals surface area contributed by atoms with Crippen LogP contribution < -0.4 is 21.5 Å². The van der Waals surface area contributed by atoms with Gasteiger partial charge in [-0.25, -0.2) is 15.4 Å². The van der Waals surface area contributed by atoms with Gasteiger partial charge in [-0.15, -0.1) is 0 Å². The monoisotopic (exact) mass is 417 g/mol. The predicted octanol–water partition coefficient (Wildman–Crippen LogP) is 2.11. The van der Waals surface area contributed by atoms with Crippen molar-refractivity contribution in [2.24, 2.45) is 0 Å². The molecular formula is C23H27N7O. The summed E-state index contributed by atoms with van der Waals surface area (Å²) in [5, 5.41) is 6.74. The summed E-state index contributed by atoms with van der Waals surface area (Å²) in [7, 11) is 0. The van der Waals surface area contributed by atoms with Crippen molar-refractivity contribution < 1.29 is 4.79 Å². The van der Waals surface area contributed by atoms with Crippen LogP contribution in [0.1, 0.15) is 40.3 Å². The molecule has 8 nitrogen and oxygen atoms in total. The first-order valence-electron chi connectivity index (χ1n) is 10.9. The fourth-order valence-corrected chi connectivity index (χ4v) is 4.10. The summed E-state index contributed by atoms with van der Waals surface area (Å²) in [6.45, 7) is 5.65. The minimum absolute atomic E-state index is 0.223. The van der Waals surface area contributed by atoms with E-state index in [0.29, 0.717) is 29.4 Å². The summed E-state index contributed by atoms with van der Waals surface area (Å²) >= 11 is 0.